The maximum atomic E-state index is 12.7. The van der Waals surface area contributed by atoms with Gasteiger partial charge in [0.2, 0.25) is 0 Å². The quantitative estimate of drug-likeness (QED) is 0.484. The van der Waals surface area contributed by atoms with Crippen molar-refractivity contribution in [3.05, 3.63) is 59.5 Å². The maximum absolute atomic E-state index is 12.7. The zero-order chi connectivity index (χ0) is 14.6. The highest BCUT2D eigenvalue weighted by Gasteiger charge is 2.26. The predicted octanol–water partition coefficient (Wildman–Crippen LogP) is 1.99. The van der Waals surface area contributed by atoms with E-state index in [-0.39, 0.29) is 11.5 Å². The summed E-state index contributed by atoms with van der Waals surface area (Å²) in [6, 6.07) is 7.13. The molecule has 1 aliphatic rings. The Bertz CT molecular complexity index is 683. The number of benzene rings is 1. The molecule has 5 nitrogen and oxygen atoms in total. The number of hydroxylamine groups is 3. The SMILES string of the molecule is CCOc1ccccc1C[N+]1([O-])C=CC=CC1=S(=O)=O. The van der Waals surface area contributed by atoms with Crippen LogP contribution in [0.25, 0.3) is 0 Å². The van der Waals surface area contributed by atoms with Crippen molar-refractivity contribution in [2.45, 2.75) is 13.5 Å². The molecule has 2 rings (SSSR count). The van der Waals surface area contributed by atoms with Crippen molar-refractivity contribution in [1.29, 1.82) is 0 Å². The van der Waals surface area contributed by atoms with Gasteiger partial charge < -0.3 is 9.94 Å². The molecule has 0 aliphatic carbocycles. The van der Waals surface area contributed by atoms with Gasteiger partial charge in [-0.25, -0.2) is 0 Å². The molecule has 0 fully saturated rings. The van der Waals surface area contributed by atoms with Crippen LogP contribution in [0.1, 0.15) is 12.5 Å². The lowest BCUT2D eigenvalue weighted by atomic mass is 10.1. The van der Waals surface area contributed by atoms with E-state index >= 15 is 0 Å². The highest BCUT2D eigenvalue weighted by molar-refractivity contribution is 7.72. The van der Waals surface area contributed by atoms with Gasteiger partial charge in [-0.1, -0.05) is 12.1 Å². The minimum absolute atomic E-state index is 0.0275. The van der Waals surface area contributed by atoms with E-state index in [1.165, 1.54) is 18.4 Å². The van der Waals surface area contributed by atoms with Crippen molar-refractivity contribution in [2.24, 2.45) is 0 Å². The Morgan fingerprint density at radius 3 is 2.70 bits per heavy atom. The van der Waals surface area contributed by atoms with Gasteiger partial charge >= 0.3 is 0 Å². The molecule has 1 aromatic carbocycles. The lowest BCUT2D eigenvalue weighted by molar-refractivity contribution is -0.744. The number of ether oxygens (including phenoxy) is 1. The van der Waals surface area contributed by atoms with Crippen LogP contribution < -0.4 is 4.74 Å². The number of rotatable bonds is 4. The average molecular weight is 293 g/mol. The minimum Gasteiger partial charge on any atom is -0.621 e. The molecule has 0 amide bonds. The van der Waals surface area contributed by atoms with E-state index in [2.05, 4.69) is 0 Å². The molecular weight excluding hydrogens is 278 g/mol. The zero-order valence-corrected chi connectivity index (χ0v) is 11.8. The van der Waals surface area contributed by atoms with Crippen molar-refractivity contribution >= 4 is 15.3 Å². The zero-order valence-electron chi connectivity index (χ0n) is 11.0. The second-order valence-corrected chi connectivity index (χ2v) is 5.16. The normalized spacial score (nSPS) is 21.0. The first-order valence-electron chi connectivity index (χ1n) is 6.19. The lowest BCUT2D eigenvalue weighted by Crippen LogP contribution is -2.42. The standard InChI is InChI=1S/C14H15NO4S/c1-2-19-13-8-4-3-7-12(13)11-15(16)10-6-5-9-14(15)20(17)18/h3-10H,2,11H2,1H3. The monoisotopic (exact) mass is 293 g/mol. The van der Waals surface area contributed by atoms with Crippen molar-refractivity contribution in [1.82, 2.24) is 0 Å². The van der Waals surface area contributed by atoms with Crippen LogP contribution in [0.3, 0.4) is 0 Å². The summed E-state index contributed by atoms with van der Waals surface area (Å²) in [6.45, 7) is 2.31. The minimum atomic E-state index is -2.56. The fourth-order valence-corrected chi connectivity index (χ4v) is 2.59. The fourth-order valence-electron chi connectivity index (χ4n) is 2.02. The molecule has 6 heteroatoms. The van der Waals surface area contributed by atoms with Crippen LogP contribution in [0.2, 0.25) is 0 Å². The van der Waals surface area contributed by atoms with Gasteiger partial charge in [0, 0.05) is 11.6 Å². The Balaban J connectivity index is 2.40. The van der Waals surface area contributed by atoms with Gasteiger partial charge in [-0.05, 0) is 31.2 Å². The number of hydrogen-bond acceptors (Lipinski definition) is 4. The summed E-state index contributed by atoms with van der Waals surface area (Å²) in [5.74, 6) is 0.599. The van der Waals surface area contributed by atoms with E-state index in [1.54, 1.807) is 24.3 Å². The molecule has 0 saturated heterocycles. The third-order valence-electron chi connectivity index (χ3n) is 2.90. The molecule has 106 valence electrons. The molecule has 0 spiro atoms. The summed E-state index contributed by atoms with van der Waals surface area (Å²) in [4.78, 5) is -0.209. The van der Waals surface area contributed by atoms with Gasteiger partial charge in [-0.15, -0.1) is 0 Å². The van der Waals surface area contributed by atoms with Crippen molar-refractivity contribution in [3.8, 4) is 5.75 Å². The van der Waals surface area contributed by atoms with E-state index in [4.69, 9.17) is 4.74 Å². The van der Waals surface area contributed by atoms with Gasteiger partial charge in [0.15, 0.2) is 0 Å². The van der Waals surface area contributed by atoms with Crippen LogP contribution in [0.15, 0.2) is 48.7 Å². The number of quaternary nitrogens is 1. The van der Waals surface area contributed by atoms with Gasteiger partial charge in [0.1, 0.15) is 18.5 Å². The summed E-state index contributed by atoms with van der Waals surface area (Å²) in [5.41, 5.74) is 0.673. The van der Waals surface area contributed by atoms with E-state index in [0.717, 1.165) is 0 Å². The Hall–Kier alpha value is -1.89. The predicted molar refractivity (Wildman–Crippen MR) is 77.1 cm³/mol. The summed E-state index contributed by atoms with van der Waals surface area (Å²) in [6.07, 6.45) is 5.72. The lowest BCUT2D eigenvalue weighted by Gasteiger charge is -2.38. The van der Waals surface area contributed by atoms with Crippen molar-refractivity contribution in [3.63, 3.8) is 0 Å². The van der Waals surface area contributed by atoms with E-state index in [9.17, 15) is 13.6 Å². The molecule has 0 saturated carbocycles. The molecule has 20 heavy (non-hydrogen) atoms. The molecule has 0 radical (unpaired) electrons. The van der Waals surface area contributed by atoms with Crippen LogP contribution >= 0.6 is 0 Å². The Morgan fingerprint density at radius 1 is 1.25 bits per heavy atom. The molecule has 1 atom stereocenters. The number of para-hydroxylation sites is 1. The third-order valence-corrected chi connectivity index (χ3v) is 3.68. The Labute approximate surface area is 119 Å². The average Bonchev–Trinajstić information content (AvgIpc) is 2.41. The Morgan fingerprint density at radius 2 is 2.00 bits per heavy atom. The first kappa shape index (κ1) is 14.5. The Kier molecular flexibility index (Phi) is 4.39. The molecule has 1 aliphatic heterocycles. The highest BCUT2D eigenvalue weighted by atomic mass is 32.2. The van der Waals surface area contributed by atoms with Crippen LogP contribution in [0, 0.1) is 5.21 Å². The molecule has 1 unspecified atom stereocenters. The van der Waals surface area contributed by atoms with E-state index in [1.807, 2.05) is 13.0 Å². The number of allylic oxidation sites excluding steroid dienone is 2. The molecule has 0 bridgehead atoms. The molecule has 0 aromatic heterocycles. The van der Waals surface area contributed by atoms with Crippen molar-refractivity contribution < 1.29 is 17.8 Å². The van der Waals surface area contributed by atoms with Gasteiger partial charge in [-0.3, -0.25) is 4.65 Å². The summed E-state index contributed by atoms with van der Waals surface area (Å²) >= 11 is 0. The largest absolute Gasteiger partial charge is 0.621 e. The third kappa shape index (κ3) is 2.98. The first-order valence-corrected chi connectivity index (χ1v) is 7.26. The number of nitrogens with zero attached hydrogens (tertiary/aromatic N) is 1. The van der Waals surface area contributed by atoms with Crippen LogP contribution in [-0.4, -0.2) is 24.7 Å². The molecule has 1 heterocycles. The van der Waals surface area contributed by atoms with Gasteiger partial charge in [0.25, 0.3) is 15.3 Å². The molecule has 0 N–H and O–H groups in total. The van der Waals surface area contributed by atoms with Crippen LogP contribution in [0.5, 0.6) is 5.75 Å². The second kappa shape index (κ2) is 6.04. The second-order valence-electron chi connectivity index (χ2n) is 4.27. The molecule has 1 aromatic rings. The summed E-state index contributed by atoms with van der Waals surface area (Å²) < 4.78 is 26.8. The summed E-state index contributed by atoms with van der Waals surface area (Å²) in [7, 11) is -2.56. The van der Waals surface area contributed by atoms with Gasteiger partial charge in [-0.2, -0.15) is 8.42 Å². The first-order chi connectivity index (χ1) is 9.57. The summed E-state index contributed by atoms with van der Waals surface area (Å²) in [5, 5.41) is 12.7. The maximum Gasteiger partial charge on any atom is 0.277 e. The highest BCUT2D eigenvalue weighted by Crippen LogP contribution is 2.25. The van der Waals surface area contributed by atoms with Crippen molar-refractivity contribution in [2.75, 3.05) is 6.61 Å². The fraction of sp³-hybridized carbons (Fsp3) is 0.214. The van der Waals surface area contributed by atoms with Gasteiger partial charge in [0.05, 0.1) is 6.61 Å². The topological polar surface area (TPSA) is 66.4 Å². The smallest absolute Gasteiger partial charge is 0.277 e. The van der Waals surface area contributed by atoms with E-state index < -0.39 is 14.9 Å². The molecular formula is C14H15NO4S. The van der Waals surface area contributed by atoms with Crippen LogP contribution in [-0.2, 0) is 16.8 Å². The van der Waals surface area contributed by atoms with E-state index in [0.29, 0.717) is 17.9 Å². The van der Waals surface area contributed by atoms with Crippen LogP contribution in [0.4, 0.5) is 0 Å². The number of hydrogen-bond donors (Lipinski definition) is 0.